The van der Waals surface area contributed by atoms with E-state index in [1.807, 2.05) is 0 Å². The predicted molar refractivity (Wildman–Crippen MR) is 60.2 cm³/mol. The van der Waals surface area contributed by atoms with E-state index in [1.165, 1.54) is 32.1 Å². The lowest BCUT2D eigenvalue weighted by Gasteiger charge is -2.21. The van der Waals surface area contributed by atoms with Gasteiger partial charge in [-0.3, -0.25) is 0 Å². The Balaban J connectivity index is 2.22. The minimum atomic E-state index is 0.459. The Kier molecular flexibility index (Phi) is 5.49. The molecule has 0 aromatic heterocycles. The molecule has 1 aliphatic carbocycles. The van der Waals surface area contributed by atoms with E-state index in [0.29, 0.717) is 12.0 Å². The number of hydrogen-bond acceptors (Lipinski definition) is 2. The van der Waals surface area contributed by atoms with Crippen molar-refractivity contribution >= 4 is 0 Å². The van der Waals surface area contributed by atoms with Crippen LogP contribution in [0.1, 0.15) is 46.0 Å². The van der Waals surface area contributed by atoms with Crippen LogP contribution in [0, 0.1) is 11.8 Å². The fourth-order valence-corrected chi connectivity index (χ4v) is 2.28. The van der Waals surface area contributed by atoms with E-state index in [1.54, 1.807) is 0 Å². The molecule has 0 heterocycles. The quantitative estimate of drug-likeness (QED) is 0.713. The first-order valence-electron chi connectivity index (χ1n) is 6.13. The maximum Gasteiger partial charge on any atom is 0.0615 e. The molecule has 1 saturated carbocycles. The molecule has 1 rings (SSSR count). The second-order valence-electron chi connectivity index (χ2n) is 4.48. The molecular weight excluding hydrogens is 174 g/mol. The Morgan fingerprint density at radius 3 is 2.57 bits per heavy atom. The molecule has 0 saturated heterocycles. The van der Waals surface area contributed by atoms with Gasteiger partial charge in [-0.25, -0.2) is 0 Å². The molecule has 0 aromatic carbocycles. The molecule has 1 aliphatic rings. The summed E-state index contributed by atoms with van der Waals surface area (Å²) in [5.74, 6) is 1.37. The van der Waals surface area contributed by atoms with E-state index in [0.717, 1.165) is 19.1 Å². The predicted octanol–water partition coefficient (Wildman–Crippen LogP) is 2.57. The summed E-state index contributed by atoms with van der Waals surface area (Å²) in [6.45, 7) is 6.22. The molecule has 1 fully saturated rings. The SMILES string of the molecule is CCC(CC)COC1CCCC1CN. The summed E-state index contributed by atoms with van der Waals surface area (Å²) >= 11 is 0. The van der Waals surface area contributed by atoms with Crippen molar-refractivity contribution in [3.05, 3.63) is 0 Å². The van der Waals surface area contributed by atoms with Crippen molar-refractivity contribution in [1.82, 2.24) is 0 Å². The van der Waals surface area contributed by atoms with Gasteiger partial charge in [0.2, 0.25) is 0 Å². The molecule has 2 nitrogen and oxygen atoms in total. The molecule has 0 amide bonds. The fraction of sp³-hybridized carbons (Fsp3) is 1.00. The zero-order valence-electron chi connectivity index (χ0n) is 9.67. The van der Waals surface area contributed by atoms with Crippen molar-refractivity contribution in [3.8, 4) is 0 Å². The number of hydrogen-bond donors (Lipinski definition) is 1. The van der Waals surface area contributed by atoms with Gasteiger partial charge in [0.05, 0.1) is 6.10 Å². The average molecular weight is 199 g/mol. The van der Waals surface area contributed by atoms with Crippen molar-refractivity contribution in [2.45, 2.75) is 52.1 Å². The Morgan fingerprint density at radius 1 is 1.29 bits per heavy atom. The lowest BCUT2D eigenvalue weighted by atomic mass is 10.0. The highest BCUT2D eigenvalue weighted by molar-refractivity contribution is 4.78. The van der Waals surface area contributed by atoms with Gasteiger partial charge in [-0.2, -0.15) is 0 Å². The molecule has 2 unspecified atom stereocenters. The first kappa shape index (κ1) is 12.0. The van der Waals surface area contributed by atoms with Gasteiger partial charge in [-0.05, 0) is 31.2 Å². The van der Waals surface area contributed by atoms with Gasteiger partial charge in [0.25, 0.3) is 0 Å². The molecule has 0 aromatic rings. The summed E-state index contributed by atoms with van der Waals surface area (Å²) in [7, 11) is 0. The highest BCUT2D eigenvalue weighted by atomic mass is 16.5. The van der Waals surface area contributed by atoms with E-state index >= 15 is 0 Å². The van der Waals surface area contributed by atoms with Gasteiger partial charge in [-0.15, -0.1) is 0 Å². The van der Waals surface area contributed by atoms with E-state index < -0.39 is 0 Å². The highest BCUT2D eigenvalue weighted by Crippen LogP contribution is 2.28. The molecule has 0 bridgehead atoms. The van der Waals surface area contributed by atoms with Crippen molar-refractivity contribution in [2.75, 3.05) is 13.2 Å². The van der Waals surface area contributed by atoms with E-state index in [9.17, 15) is 0 Å². The van der Waals surface area contributed by atoms with Crippen LogP contribution in [-0.2, 0) is 4.74 Å². The van der Waals surface area contributed by atoms with Crippen LogP contribution in [0.5, 0.6) is 0 Å². The second kappa shape index (κ2) is 6.41. The van der Waals surface area contributed by atoms with Crippen LogP contribution in [-0.4, -0.2) is 19.3 Å². The molecular formula is C12H25NO. The van der Waals surface area contributed by atoms with Gasteiger partial charge in [0, 0.05) is 6.61 Å². The zero-order valence-corrected chi connectivity index (χ0v) is 9.67. The number of nitrogens with two attached hydrogens (primary N) is 1. The van der Waals surface area contributed by atoms with Gasteiger partial charge >= 0.3 is 0 Å². The maximum atomic E-state index is 5.97. The van der Waals surface area contributed by atoms with Crippen LogP contribution in [0.3, 0.4) is 0 Å². The monoisotopic (exact) mass is 199 g/mol. The number of rotatable bonds is 6. The summed E-state index contributed by atoms with van der Waals surface area (Å²) in [6, 6.07) is 0. The molecule has 2 atom stereocenters. The zero-order chi connectivity index (χ0) is 10.4. The molecule has 14 heavy (non-hydrogen) atoms. The molecule has 2 heteroatoms. The smallest absolute Gasteiger partial charge is 0.0615 e. The van der Waals surface area contributed by atoms with E-state index in [4.69, 9.17) is 10.5 Å². The van der Waals surface area contributed by atoms with E-state index in [2.05, 4.69) is 13.8 Å². The molecule has 0 aliphatic heterocycles. The van der Waals surface area contributed by atoms with Gasteiger partial charge < -0.3 is 10.5 Å². The van der Waals surface area contributed by atoms with Crippen molar-refractivity contribution in [3.63, 3.8) is 0 Å². The van der Waals surface area contributed by atoms with Gasteiger partial charge in [0.1, 0.15) is 0 Å². The van der Waals surface area contributed by atoms with Crippen molar-refractivity contribution in [1.29, 1.82) is 0 Å². The van der Waals surface area contributed by atoms with Crippen LogP contribution >= 0.6 is 0 Å². The first-order valence-corrected chi connectivity index (χ1v) is 6.13. The third-order valence-electron chi connectivity index (χ3n) is 3.59. The lowest BCUT2D eigenvalue weighted by molar-refractivity contribution is 0.00752. The standard InChI is InChI=1S/C12H25NO/c1-3-10(4-2)9-14-12-7-5-6-11(12)8-13/h10-12H,3-9,13H2,1-2H3. The molecule has 0 radical (unpaired) electrons. The Labute approximate surface area is 88.2 Å². The fourth-order valence-electron chi connectivity index (χ4n) is 2.28. The summed E-state index contributed by atoms with van der Waals surface area (Å²) in [5.41, 5.74) is 5.72. The molecule has 2 N–H and O–H groups in total. The minimum absolute atomic E-state index is 0.459. The maximum absolute atomic E-state index is 5.97. The van der Waals surface area contributed by atoms with Crippen LogP contribution < -0.4 is 5.73 Å². The van der Waals surface area contributed by atoms with Crippen LogP contribution in [0.2, 0.25) is 0 Å². The van der Waals surface area contributed by atoms with Crippen molar-refractivity contribution < 1.29 is 4.74 Å². The second-order valence-corrected chi connectivity index (χ2v) is 4.48. The largest absolute Gasteiger partial charge is 0.378 e. The third kappa shape index (κ3) is 3.25. The Morgan fingerprint density at radius 2 is 2.00 bits per heavy atom. The first-order chi connectivity index (χ1) is 6.81. The summed E-state index contributed by atoms with van der Waals surface area (Å²) in [5, 5.41) is 0. The normalized spacial score (nSPS) is 27.4. The van der Waals surface area contributed by atoms with Crippen LogP contribution in [0.15, 0.2) is 0 Å². The van der Waals surface area contributed by atoms with E-state index in [-0.39, 0.29) is 0 Å². The average Bonchev–Trinajstić information content (AvgIpc) is 2.67. The summed E-state index contributed by atoms with van der Waals surface area (Å²) in [4.78, 5) is 0. The third-order valence-corrected chi connectivity index (χ3v) is 3.59. The highest BCUT2D eigenvalue weighted by Gasteiger charge is 2.26. The van der Waals surface area contributed by atoms with Crippen LogP contribution in [0.25, 0.3) is 0 Å². The summed E-state index contributed by atoms with van der Waals surface area (Å²) in [6.07, 6.45) is 6.72. The number of ether oxygens (including phenoxy) is 1. The Bertz CT molecular complexity index is 145. The lowest BCUT2D eigenvalue weighted by Crippen LogP contribution is -2.27. The molecule has 84 valence electrons. The van der Waals surface area contributed by atoms with Gasteiger partial charge in [0.15, 0.2) is 0 Å². The van der Waals surface area contributed by atoms with Crippen molar-refractivity contribution in [2.24, 2.45) is 17.6 Å². The summed E-state index contributed by atoms with van der Waals surface area (Å²) < 4.78 is 5.97. The topological polar surface area (TPSA) is 35.2 Å². The van der Waals surface area contributed by atoms with Crippen LogP contribution in [0.4, 0.5) is 0 Å². The van der Waals surface area contributed by atoms with Gasteiger partial charge in [-0.1, -0.05) is 33.1 Å². The molecule has 0 spiro atoms. The minimum Gasteiger partial charge on any atom is -0.378 e. The Hall–Kier alpha value is -0.0800.